The van der Waals surface area contributed by atoms with Gasteiger partial charge in [-0.2, -0.15) is 4.31 Å². The van der Waals surface area contributed by atoms with E-state index < -0.39 is 10.0 Å². The Balaban J connectivity index is 3.33. The molecule has 3 N–H and O–H groups in total. The summed E-state index contributed by atoms with van der Waals surface area (Å²) in [6, 6.07) is 3.06. The van der Waals surface area contributed by atoms with Crippen LogP contribution in [0.1, 0.15) is 25.8 Å². The van der Waals surface area contributed by atoms with Crippen molar-refractivity contribution in [1.82, 2.24) is 4.31 Å². The quantitative estimate of drug-likeness (QED) is 0.757. The first-order chi connectivity index (χ1) is 9.21. The van der Waals surface area contributed by atoms with E-state index in [0.29, 0.717) is 22.1 Å². The second-order valence-corrected chi connectivity index (χ2v) is 7.68. The van der Waals surface area contributed by atoms with Crippen LogP contribution >= 0.6 is 15.9 Å². The summed E-state index contributed by atoms with van der Waals surface area (Å²) in [6.45, 7) is 5.55. The Hall–Kier alpha value is -0.630. The van der Waals surface area contributed by atoms with E-state index >= 15 is 0 Å². The molecular formula is C13H21BrN2O3S. The Bertz CT molecular complexity index is 573. The van der Waals surface area contributed by atoms with Crippen LogP contribution in [0.5, 0.6) is 0 Å². The largest absolute Gasteiger partial charge is 0.398 e. The predicted octanol–water partition coefficient (Wildman–Crippen LogP) is 2.12. The highest BCUT2D eigenvalue weighted by atomic mass is 79.9. The first kappa shape index (κ1) is 17.4. The third-order valence-corrected chi connectivity index (χ3v) is 5.72. The molecule has 0 saturated heterocycles. The van der Waals surface area contributed by atoms with Gasteiger partial charge in [0.2, 0.25) is 10.0 Å². The molecule has 0 radical (unpaired) electrons. The predicted molar refractivity (Wildman–Crippen MR) is 84.0 cm³/mol. The Morgan fingerprint density at radius 3 is 2.50 bits per heavy atom. The smallest absolute Gasteiger partial charge is 0.243 e. The maximum atomic E-state index is 12.8. The molecular weight excluding hydrogens is 344 g/mol. The third kappa shape index (κ3) is 3.72. The molecule has 20 heavy (non-hydrogen) atoms. The number of hydrogen-bond donors (Lipinski definition) is 2. The van der Waals surface area contributed by atoms with Crippen LogP contribution in [0.2, 0.25) is 0 Å². The summed E-state index contributed by atoms with van der Waals surface area (Å²) < 4.78 is 27.6. The average Bonchev–Trinajstić information content (AvgIpc) is 2.33. The normalized spacial score (nSPS) is 12.3. The number of benzene rings is 1. The van der Waals surface area contributed by atoms with Crippen LogP contribution in [0.4, 0.5) is 5.69 Å². The van der Waals surface area contributed by atoms with Crippen molar-refractivity contribution < 1.29 is 13.5 Å². The Morgan fingerprint density at radius 2 is 2.00 bits per heavy atom. The van der Waals surface area contributed by atoms with E-state index in [1.807, 2.05) is 13.8 Å². The molecule has 1 aromatic rings. The SMILES string of the molecule is Cc1c(N)cc(Br)cc1S(=O)(=O)N(CCCO)C(C)C. The fraction of sp³-hybridized carbons (Fsp3) is 0.538. The molecule has 0 spiro atoms. The summed E-state index contributed by atoms with van der Waals surface area (Å²) in [4.78, 5) is 0.205. The molecule has 0 aromatic heterocycles. The summed E-state index contributed by atoms with van der Waals surface area (Å²) in [7, 11) is -3.64. The second-order valence-electron chi connectivity index (χ2n) is 4.90. The van der Waals surface area contributed by atoms with Crippen molar-refractivity contribution in [3.63, 3.8) is 0 Å². The minimum absolute atomic E-state index is 0.0433. The van der Waals surface area contributed by atoms with Gasteiger partial charge in [0.25, 0.3) is 0 Å². The number of rotatable bonds is 6. The molecule has 7 heteroatoms. The van der Waals surface area contributed by atoms with Crippen molar-refractivity contribution >= 4 is 31.6 Å². The van der Waals surface area contributed by atoms with Gasteiger partial charge in [0, 0.05) is 29.4 Å². The van der Waals surface area contributed by atoms with E-state index in [2.05, 4.69) is 15.9 Å². The molecule has 0 unspecified atom stereocenters. The topological polar surface area (TPSA) is 83.6 Å². The summed E-state index contributed by atoms with van der Waals surface area (Å²) in [5.41, 5.74) is 6.82. The minimum Gasteiger partial charge on any atom is -0.398 e. The molecule has 0 atom stereocenters. The number of hydrogen-bond acceptors (Lipinski definition) is 4. The van der Waals surface area contributed by atoms with E-state index in [-0.39, 0.29) is 24.1 Å². The summed E-state index contributed by atoms with van der Waals surface area (Å²) in [5.74, 6) is 0. The first-order valence-corrected chi connectivity index (χ1v) is 8.63. The number of aliphatic hydroxyl groups excluding tert-OH is 1. The molecule has 0 bridgehead atoms. The second kappa shape index (κ2) is 6.89. The standard InChI is InChI=1S/C13H21BrN2O3S/c1-9(2)16(5-4-6-17)20(18,19)13-8-11(14)7-12(15)10(13)3/h7-9,17H,4-6,15H2,1-3H3. The monoisotopic (exact) mass is 364 g/mol. The summed E-state index contributed by atoms with van der Waals surface area (Å²) >= 11 is 3.28. The van der Waals surface area contributed by atoms with Gasteiger partial charge >= 0.3 is 0 Å². The van der Waals surface area contributed by atoms with Gasteiger partial charge in [-0.1, -0.05) is 15.9 Å². The van der Waals surface area contributed by atoms with Crippen molar-refractivity contribution in [3.05, 3.63) is 22.2 Å². The van der Waals surface area contributed by atoms with Gasteiger partial charge in [-0.3, -0.25) is 0 Å². The zero-order chi connectivity index (χ0) is 15.5. The molecule has 5 nitrogen and oxygen atoms in total. The van der Waals surface area contributed by atoms with Gasteiger partial charge in [0.05, 0.1) is 4.90 Å². The lowest BCUT2D eigenvalue weighted by Crippen LogP contribution is -2.38. The van der Waals surface area contributed by atoms with Crippen molar-refractivity contribution in [1.29, 1.82) is 0 Å². The van der Waals surface area contributed by atoms with Crippen molar-refractivity contribution in [3.8, 4) is 0 Å². The van der Waals surface area contributed by atoms with Crippen LogP contribution in [0.15, 0.2) is 21.5 Å². The molecule has 0 heterocycles. The van der Waals surface area contributed by atoms with Crippen LogP contribution in [0.3, 0.4) is 0 Å². The average molecular weight is 365 g/mol. The zero-order valence-electron chi connectivity index (χ0n) is 11.9. The van der Waals surface area contributed by atoms with Crippen LogP contribution in [-0.2, 0) is 10.0 Å². The van der Waals surface area contributed by atoms with Crippen LogP contribution in [0, 0.1) is 6.92 Å². The molecule has 0 aliphatic carbocycles. The Morgan fingerprint density at radius 1 is 1.40 bits per heavy atom. The van der Waals surface area contributed by atoms with Gasteiger partial charge in [-0.05, 0) is 44.9 Å². The Kier molecular flexibility index (Phi) is 6.00. The van der Waals surface area contributed by atoms with Gasteiger partial charge in [0.15, 0.2) is 0 Å². The lowest BCUT2D eigenvalue weighted by molar-refractivity contribution is 0.258. The lowest BCUT2D eigenvalue weighted by atomic mass is 10.2. The maximum Gasteiger partial charge on any atom is 0.243 e. The highest BCUT2D eigenvalue weighted by Gasteiger charge is 2.28. The van der Waals surface area contributed by atoms with Gasteiger partial charge in [-0.25, -0.2) is 8.42 Å². The van der Waals surface area contributed by atoms with Crippen molar-refractivity contribution in [2.24, 2.45) is 0 Å². The van der Waals surface area contributed by atoms with E-state index in [9.17, 15) is 8.42 Å². The first-order valence-electron chi connectivity index (χ1n) is 6.40. The minimum atomic E-state index is -3.64. The molecule has 114 valence electrons. The molecule has 1 rings (SSSR count). The number of anilines is 1. The molecule has 0 amide bonds. The highest BCUT2D eigenvalue weighted by molar-refractivity contribution is 9.10. The van der Waals surface area contributed by atoms with E-state index in [0.717, 1.165) is 0 Å². The number of nitrogen functional groups attached to an aromatic ring is 1. The van der Waals surface area contributed by atoms with Crippen LogP contribution in [-0.4, -0.2) is 37.0 Å². The number of nitrogens with zero attached hydrogens (tertiary/aromatic N) is 1. The molecule has 0 saturated carbocycles. The highest BCUT2D eigenvalue weighted by Crippen LogP contribution is 2.29. The van der Waals surface area contributed by atoms with Crippen LogP contribution in [0.25, 0.3) is 0 Å². The zero-order valence-corrected chi connectivity index (χ0v) is 14.3. The van der Waals surface area contributed by atoms with E-state index in [1.165, 1.54) is 4.31 Å². The fourth-order valence-electron chi connectivity index (χ4n) is 1.95. The van der Waals surface area contributed by atoms with Gasteiger partial charge in [0.1, 0.15) is 0 Å². The van der Waals surface area contributed by atoms with Crippen molar-refractivity contribution in [2.75, 3.05) is 18.9 Å². The number of halogens is 1. The van der Waals surface area contributed by atoms with E-state index in [1.54, 1.807) is 19.1 Å². The van der Waals surface area contributed by atoms with Gasteiger partial charge < -0.3 is 10.8 Å². The lowest BCUT2D eigenvalue weighted by Gasteiger charge is -2.26. The summed E-state index contributed by atoms with van der Waals surface area (Å²) in [6.07, 6.45) is 0.403. The number of sulfonamides is 1. The maximum absolute atomic E-state index is 12.8. The molecule has 0 fully saturated rings. The van der Waals surface area contributed by atoms with Crippen LogP contribution < -0.4 is 5.73 Å². The third-order valence-electron chi connectivity index (χ3n) is 3.06. The fourth-order valence-corrected chi connectivity index (χ4v) is 4.54. The molecule has 0 aliphatic heterocycles. The van der Waals surface area contributed by atoms with Crippen molar-refractivity contribution in [2.45, 2.75) is 38.1 Å². The van der Waals surface area contributed by atoms with Gasteiger partial charge in [-0.15, -0.1) is 0 Å². The number of nitrogens with two attached hydrogens (primary N) is 1. The number of aliphatic hydroxyl groups is 1. The summed E-state index contributed by atoms with van der Waals surface area (Å²) in [5, 5.41) is 8.93. The molecule has 1 aromatic carbocycles. The Labute approximate surface area is 129 Å². The van der Waals surface area contributed by atoms with E-state index in [4.69, 9.17) is 10.8 Å². The molecule has 0 aliphatic rings.